The Kier molecular flexibility index (Phi) is 8.38. The predicted molar refractivity (Wildman–Crippen MR) is 165 cm³/mol. The van der Waals surface area contributed by atoms with Crippen LogP contribution in [0.4, 0.5) is 22.0 Å². The zero-order valence-corrected chi connectivity index (χ0v) is 24.2. The fraction of sp³-hybridized carbons (Fsp3) is 0.0556. The van der Waals surface area contributed by atoms with Crippen LogP contribution < -0.4 is 9.31 Å². The molecule has 0 radical (unpaired) electrons. The lowest BCUT2D eigenvalue weighted by Gasteiger charge is -2.34. The van der Waals surface area contributed by atoms with Crippen LogP contribution in [0.15, 0.2) is 121 Å². The van der Waals surface area contributed by atoms with Gasteiger partial charge in [-0.3, -0.25) is 0 Å². The molecule has 0 spiro atoms. The van der Waals surface area contributed by atoms with Crippen molar-refractivity contribution >= 4 is 18.1 Å². The highest BCUT2D eigenvalue weighted by atomic mass is 19.2. The van der Waals surface area contributed by atoms with Gasteiger partial charge in [0, 0.05) is 5.56 Å². The number of halogens is 5. The molecule has 6 rings (SSSR count). The molecule has 1 unspecified atom stereocenters. The first-order chi connectivity index (χ1) is 22.2. The maximum atomic E-state index is 15.0. The Morgan fingerprint density at radius 2 is 1.17 bits per heavy atom. The van der Waals surface area contributed by atoms with Crippen molar-refractivity contribution in [1.82, 2.24) is 0 Å². The van der Waals surface area contributed by atoms with E-state index in [1.54, 1.807) is 79.7 Å². The number of phenols is 1. The Labute approximate surface area is 261 Å². The summed E-state index contributed by atoms with van der Waals surface area (Å²) in [4.78, 5) is 0. The van der Waals surface area contributed by atoms with Crippen LogP contribution in [0, 0.1) is 29.1 Å². The average Bonchev–Trinajstić information content (AvgIpc) is 3.09. The first-order valence-corrected chi connectivity index (χ1v) is 14.1. The normalized spacial score (nSPS) is 12.5. The molecule has 0 aromatic heterocycles. The van der Waals surface area contributed by atoms with Gasteiger partial charge in [0.05, 0.1) is 0 Å². The van der Waals surface area contributed by atoms with Crippen molar-refractivity contribution < 1.29 is 41.0 Å². The molecular formula is C36H24BF5O4. The van der Waals surface area contributed by atoms with Crippen molar-refractivity contribution in [3.63, 3.8) is 0 Å². The molecule has 46 heavy (non-hydrogen) atoms. The third-order valence-electron chi connectivity index (χ3n) is 7.63. The van der Waals surface area contributed by atoms with Crippen LogP contribution in [0.25, 0.3) is 21.9 Å². The Hall–Kier alpha value is -5.35. The second kappa shape index (κ2) is 12.6. The van der Waals surface area contributed by atoms with Crippen LogP contribution in [0.1, 0.15) is 18.1 Å². The van der Waals surface area contributed by atoms with E-state index < -0.39 is 47.8 Å². The van der Waals surface area contributed by atoms with E-state index in [0.29, 0.717) is 22.3 Å². The smallest absolute Gasteiger partial charge is 0.508 e. The standard InChI is InChI=1S/C36H24BF5O4/c1-36(24-18-20-25(43)21-19-24,28-16-9-13-22-12-5-6-14-26(22)28)46-37(45-35-33(41)31(39)30(38)32(40)34(35)42)44-29-17-8-7-15-27(29)23-10-3-2-4-11-23/h2-21,43H,1H3. The number of benzene rings is 6. The van der Waals surface area contributed by atoms with Crippen LogP contribution >= 0.6 is 0 Å². The number of hydrogen-bond donors (Lipinski definition) is 1. The van der Waals surface area contributed by atoms with Crippen molar-refractivity contribution in [3.05, 3.63) is 162 Å². The van der Waals surface area contributed by atoms with Crippen molar-refractivity contribution in [2.45, 2.75) is 12.5 Å². The molecule has 1 N–H and O–H groups in total. The zero-order valence-electron chi connectivity index (χ0n) is 24.2. The zero-order chi connectivity index (χ0) is 32.4. The summed E-state index contributed by atoms with van der Waals surface area (Å²) in [5.41, 5.74) is 0.706. The summed E-state index contributed by atoms with van der Waals surface area (Å²) in [5.74, 6) is -12.6. The van der Waals surface area contributed by atoms with E-state index in [4.69, 9.17) is 14.0 Å². The van der Waals surface area contributed by atoms with Gasteiger partial charge in [-0.25, -0.2) is 13.2 Å². The summed E-state index contributed by atoms with van der Waals surface area (Å²) in [5, 5.41) is 11.6. The second-order valence-corrected chi connectivity index (χ2v) is 10.5. The van der Waals surface area contributed by atoms with Gasteiger partial charge in [-0.05, 0) is 52.6 Å². The van der Waals surface area contributed by atoms with E-state index in [9.17, 15) is 27.1 Å². The molecule has 10 heteroatoms. The molecule has 4 nitrogen and oxygen atoms in total. The fourth-order valence-electron chi connectivity index (χ4n) is 5.29. The van der Waals surface area contributed by atoms with Crippen molar-refractivity contribution in [2.75, 3.05) is 0 Å². The van der Waals surface area contributed by atoms with E-state index in [-0.39, 0.29) is 11.5 Å². The summed E-state index contributed by atoms with van der Waals surface area (Å²) in [7, 11) is -2.09. The van der Waals surface area contributed by atoms with E-state index in [1.807, 2.05) is 36.4 Å². The third-order valence-corrected chi connectivity index (χ3v) is 7.63. The summed E-state index contributed by atoms with van der Waals surface area (Å²) in [6, 6.07) is 34.5. The van der Waals surface area contributed by atoms with Gasteiger partial charge in [0.2, 0.25) is 29.1 Å². The Morgan fingerprint density at radius 3 is 1.89 bits per heavy atom. The molecule has 0 fully saturated rings. The van der Waals surface area contributed by atoms with Crippen LogP contribution in [0.5, 0.6) is 17.2 Å². The topological polar surface area (TPSA) is 47.9 Å². The molecule has 0 saturated heterocycles. The van der Waals surface area contributed by atoms with Gasteiger partial charge in [0.1, 0.15) is 17.1 Å². The first kappa shape index (κ1) is 30.7. The summed E-state index contributed by atoms with van der Waals surface area (Å²) < 4.78 is 90.6. The van der Waals surface area contributed by atoms with Gasteiger partial charge in [-0.15, -0.1) is 0 Å². The van der Waals surface area contributed by atoms with E-state index in [0.717, 1.165) is 10.8 Å². The van der Waals surface area contributed by atoms with E-state index in [1.165, 1.54) is 12.1 Å². The van der Waals surface area contributed by atoms with Gasteiger partial charge in [0.25, 0.3) is 0 Å². The molecule has 0 aliphatic rings. The number of aromatic hydroxyl groups is 1. The lowest BCUT2D eigenvalue weighted by Crippen LogP contribution is -2.43. The first-order valence-electron chi connectivity index (χ1n) is 14.1. The molecular weight excluding hydrogens is 602 g/mol. The van der Waals surface area contributed by atoms with Gasteiger partial charge < -0.3 is 19.1 Å². The quantitative estimate of drug-likeness (QED) is 0.0752. The number of fused-ring (bicyclic) bond motifs is 1. The van der Waals surface area contributed by atoms with Gasteiger partial charge >= 0.3 is 7.32 Å². The molecule has 0 saturated carbocycles. The molecule has 6 aromatic rings. The minimum atomic E-state index is -2.33. The molecule has 230 valence electrons. The number of phenolic OH excluding ortho intramolecular Hbond substituents is 1. The molecule has 0 bridgehead atoms. The molecule has 6 aromatic carbocycles. The van der Waals surface area contributed by atoms with E-state index in [2.05, 4.69) is 0 Å². The van der Waals surface area contributed by atoms with Gasteiger partial charge in [0.15, 0.2) is 5.75 Å². The van der Waals surface area contributed by atoms with Crippen molar-refractivity contribution in [2.24, 2.45) is 0 Å². The SMILES string of the molecule is CC(OB(Oc1ccccc1-c1ccccc1)Oc1c(F)c(F)c(F)c(F)c1F)(c1ccc(O)cc1)c1cccc2ccccc12. The Morgan fingerprint density at radius 1 is 0.587 bits per heavy atom. The Bertz CT molecular complexity index is 1990. The molecule has 0 aliphatic heterocycles. The summed E-state index contributed by atoms with van der Waals surface area (Å²) >= 11 is 0. The van der Waals surface area contributed by atoms with Gasteiger partial charge in [-0.1, -0.05) is 103 Å². The average molecular weight is 626 g/mol. The minimum absolute atomic E-state index is 0.0359. The summed E-state index contributed by atoms with van der Waals surface area (Å²) in [6.45, 7) is 1.64. The molecule has 0 amide bonds. The van der Waals surface area contributed by atoms with Gasteiger partial charge in [-0.2, -0.15) is 8.78 Å². The van der Waals surface area contributed by atoms with Crippen LogP contribution in [0.2, 0.25) is 0 Å². The molecule has 1 atom stereocenters. The minimum Gasteiger partial charge on any atom is -0.508 e. The maximum Gasteiger partial charge on any atom is 0.789 e. The lowest BCUT2D eigenvalue weighted by atomic mass is 9.83. The number of hydrogen-bond acceptors (Lipinski definition) is 4. The lowest BCUT2D eigenvalue weighted by molar-refractivity contribution is 0.0729. The molecule has 0 aliphatic carbocycles. The highest BCUT2D eigenvalue weighted by Crippen LogP contribution is 2.40. The molecule has 0 heterocycles. The van der Waals surface area contributed by atoms with Crippen LogP contribution in [-0.4, -0.2) is 12.4 Å². The predicted octanol–water partition coefficient (Wildman–Crippen LogP) is 9.33. The highest BCUT2D eigenvalue weighted by Gasteiger charge is 2.43. The number of para-hydroxylation sites is 1. The summed E-state index contributed by atoms with van der Waals surface area (Å²) in [6.07, 6.45) is 0. The highest BCUT2D eigenvalue weighted by molar-refractivity contribution is 6.39. The van der Waals surface area contributed by atoms with Crippen LogP contribution in [0.3, 0.4) is 0 Å². The fourth-order valence-corrected chi connectivity index (χ4v) is 5.29. The van der Waals surface area contributed by atoms with Crippen LogP contribution in [-0.2, 0) is 10.3 Å². The number of rotatable bonds is 9. The second-order valence-electron chi connectivity index (χ2n) is 10.5. The third kappa shape index (κ3) is 5.75. The maximum absolute atomic E-state index is 15.0. The van der Waals surface area contributed by atoms with E-state index >= 15 is 0 Å². The largest absolute Gasteiger partial charge is 0.789 e. The monoisotopic (exact) mass is 626 g/mol. The van der Waals surface area contributed by atoms with Crippen molar-refractivity contribution in [3.8, 4) is 28.4 Å². The Balaban J connectivity index is 1.53. The van der Waals surface area contributed by atoms with Crippen molar-refractivity contribution in [1.29, 1.82) is 0 Å².